The Kier molecular flexibility index (Phi) is 8.29. The molecule has 1 spiro atoms. The van der Waals surface area contributed by atoms with Gasteiger partial charge in [0.25, 0.3) is 0 Å². The van der Waals surface area contributed by atoms with Crippen LogP contribution in [0.4, 0.5) is 22.0 Å². The van der Waals surface area contributed by atoms with Gasteiger partial charge in [0.2, 0.25) is 11.8 Å². The number of nitrogens with zero attached hydrogens (tertiary/aromatic N) is 1. The van der Waals surface area contributed by atoms with E-state index in [1.807, 2.05) is 24.3 Å². The van der Waals surface area contributed by atoms with Crippen LogP contribution in [-0.2, 0) is 25.6 Å². The van der Waals surface area contributed by atoms with Crippen molar-refractivity contribution >= 4 is 22.8 Å². The second kappa shape index (κ2) is 11.1. The third-order valence-electron chi connectivity index (χ3n) is 6.83. The van der Waals surface area contributed by atoms with Crippen LogP contribution in [0.2, 0.25) is 0 Å². The van der Waals surface area contributed by atoms with E-state index in [4.69, 9.17) is 23.8 Å². The Hall–Kier alpha value is -2.77. The summed E-state index contributed by atoms with van der Waals surface area (Å²) in [4.78, 5) is 23.3. The highest BCUT2D eigenvalue weighted by atomic mass is 19.4. The number of furan rings is 1. The number of hydrogen-bond donors (Lipinski definition) is 2. The summed E-state index contributed by atoms with van der Waals surface area (Å²) in [7, 11) is 0. The second-order valence-electron chi connectivity index (χ2n) is 9.98. The van der Waals surface area contributed by atoms with Crippen molar-refractivity contribution in [1.29, 1.82) is 0 Å². The molecule has 13 heteroatoms. The molecule has 1 aromatic heterocycles. The number of rotatable bonds is 5. The van der Waals surface area contributed by atoms with Crippen molar-refractivity contribution in [1.82, 2.24) is 10.2 Å². The number of fused-ring (bicyclic) bond motifs is 1. The van der Waals surface area contributed by atoms with Gasteiger partial charge in [-0.25, -0.2) is 13.6 Å². The molecule has 1 amide bonds. The molecule has 3 fully saturated rings. The van der Waals surface area contributed by atoms with E-state index in [-0.39, 0.29) is 24.9 Å². The quantitative estimate of drug-likeness (QED) is 0.546. The lowest BCUT2D eigenvalue weighted by molar-refractivity contribution is -0.192. The fraction of sp³-hybridized carbons (Fsp3) is 0.600. The highest BCUT2D eigenvalue weighted by Gasteiger charge is 2.49. The SMILES string of the molecule is O=C(NC[C@H]1CC[C@@]2(COCCN(Cc3cc4ccccc4o3)C2)O1)C1CC(F)(F)C1.O=C(O)C(F)(F)F. The summed E-state index contributed by atoms with van der Waals surface area (Å²) in [6, 6.07) is 10.0. The smallest absolute Gasteiger partial charge is 0.475 e. The van der Waals surface area contributed by atoms with Gasteiger partial charge in [-0.3, -0.25) is 9.69 Å². The number of ether oxygens (including phenoxy) is 2. The van der Waals surface area contributed by atoms with Gasteiger partial charge in [0.1, 0.15) is 16.9 Å². The third kappa shape index (κ3) is 7.20. The zero-order valence-electron chi connectivity index (χ0n) is 20.4. The van der Waals surface area contributed by atoms with Crippen molar-refractivity contribution in [2.24, 2.45) is 5.92 Å². The molecule has 1 aliphatic carbocycles. The molecule has 0 bridgehead atoms. The molecule has 5 rings (SSSR count). The molecule has 210 valence electrons. The highest BCUT2D eigenvalue weighted by Crippen LogP contribution is 2.42. The van der Waals surface area contributed by atoms with Crippen LogP contribution in [0.5, 0.6) is 0 Å². The summed E-state index contributed by atoms with van der Waals surface area (Å²) < 4.78 is 75.9. The number of halogens is 5. The van der Waals surface area contributed by atoms with Gasteiger partial charge in [-0.2, -0.15) is 13.2 Å². The average molecular weight is 549 g/mol. The van der Waals surface area contributed by atoms with Crippen molar-refractivity contribution in [3.8, 4) is 0 Å². The molecule has 2 N–H and O–H groups in total. The maximum atomic E-state index is 13.0. The minimum Gasteiger partial charge on any atom is -0.475 e. The molecular weight excluding hydrogens is 519 g/mol. The van der Waals surface area contributed by atoms with Crippen LogP contribution >= 0.6 is 0 Å². The van der Waals surface area contributed by atoms with E-state index >= 15 is 0 Å². The topological polar surface area (TPSA) is 101 Å². The van der Waals surface area contributed by atoms with Gasteiger partial charge in [0.05, 0.1) is 25.9 Å². The molecule has 2 atom stereocenters. The van der Waals surface area contributed by atoms with Crippen molar-refractivity contribution in [3.05, 3.63) is 36.1 Å². The fourth-order valence-corrected chi connectivity index (χ4v) is 4.92. The van der Waals surface area contributed by atoms with Crippen molar-refractivity contribution < 1.29 is 50.5 Å². The first-order valence-electron chi connectivity index (χ1n) is 12.3. The zero-order chi connectivity index (χ0) is 27.6. The van der Waals surface area contributed by atoms with Gasteiger partial charge in [-0.1, -0.05) is 18.2 Å². The number of nitrogens with one attached hydrogen (secondary N) is 1. The van der Waals surface area contributed by atoms with Gasteiger partial charge < -0.3 is 24.3 Å². The van der Waals surface area contributed by atoms with Crippen LogP contribution in [0.15, 0.2) is 34.7 Å². The van der Waals surface area contributed by atoms with E-state index < -0.39 is 29.6 Å². The van der Waals surface area contributed by atoms with Crippen LogP contribution in [0.25, 0.3) is 11.0 Å². The monoisotopic (exact) mass is 548 g/mol. The Morgan fingerprint density at radius 2 is 1.89 bits per heavy atom. The lowest BCUT2D eigenvalue weighted by Gasteiger charge is -2.34. The molecule has 1 saturated carbocycles. The number of para-hydroxylation sites is 1. The van der Waals surface area contributed by atoms with Crippen LogP contribution in [-0.4, -0.2) is 78.5 Å². The maximum absolute atomic E-state index is 13.0. The molecule has 1 aromatic carbocycles. The van der Waals surface area contributed by atoms with Crippen LogP contribution in [0.1, 0.15) is 31.4 Å². The van der Waals surface area contributed by atoms with Gasteiger partial charge in [0.15, 0.2) is 0 Å². The normalized spacial score (nSPS) is 25.9. The van der Waals surface area contributed by atoms with Crippen molar-refractivity contribution in [2.75, 3.05) is 32.8 Å². The van der Waals surface area contributed by atoms with E-state index in [0.717, 1.165) is 42.7 Å². The minimum atomic E-state index is -5.08. The Morgan fingerprint density at radius 3 is 2.55 bits per heavy atom. The lowest BCUT2D eigenvalue weighted by atomic mass is 9.81. The first-order chi connectivity index (χ1) is 17.8. The zero-order valence-corrected chi connectivity index (χ0v) is 20.4. The fourth-order valence-electron chi connectivity index (χ4n) is 4.92. The number of alkyl halides is 5. The summed E-state index contributed by atoms with van der Waals surface area (Å²) >= 11 is 0. The number of amides is 1. The van der Waals surface area contributed by atoms with Crippen LogP contribution in [0.3, 0.4) is 0 Å². The number of hydrogen-bond acceptors (Lipinski definition) is 6. The van der Waals surface area contributed by atoms with Crippen molar-refractivity contribution in [3.63, 3.8) is 0 Å². The molecule has 0 unspecified atom stereocenters. The molecule has 3 aliphatic rings. The number of benzene rings is 1. The number of carbonyl (C=O) groups excluding carboxylic acids is 1. The largest absolute Gasteiger partial charge is 0.490 e. The van der Waals surface area contributed by atoms with Gasteiger partial charge in [0, 0.05) is 43.8 Å². The lowest BCUT2D eigenvalue weighted by Crippen LogP contribution is -2.47. The summed E-state index contributed by atoms with van der Waals surface area (Å²) in [6.45, 7) is 3.70. The summed E-state index contributed by atoms with van der Waals surface area (Å²) in [5.41, 5.74) is 0.469. The van der Waals surface area contributed by atoms with E-state index in [9.17, 15) is 26.7 Å². The molecule has 3 heterocycles. The van der Waals surface area contributed by atoms with E-state index in [0.29, 0.717) is 26.3 Å². The summed E-state index contributed by atoms with van der Waals surface area (Å²) in [5.74, 6) is -5.40. The predicted octanol–water partition coefficient (Wildman–Crippen LogP) is 3.98. The molecule has 8 nitrogen and oxygen atoms in total. The molecule has 0 radical (unpaired) electrons. The van der Waals surface area contributed by atoms with Gasteiger partial charge >= 0.3 is 12.1 Å². The Morgan fingerprint density at radius 1 is 1.18 bits per heavy atom. The van der Waals surface area contributed by atoms with Crippen LogP contribution in [0, 0.1) is 5.92 Å². The van der Waals surface area contributed by atoms with Gasteiger partial charge in [-0.05, 0) is 25.0 Å². The first kappa shape index (κ1) is 28.2. The maximum Gasteiger partial charge on any atom is 0.490 e. The number of carboxylic acid groups (broad SMARTS) is 1. The third-order valence-corrected chi connectivity index (χ3v) is 6.83. The standard InChI is InChI=1S/C23H28F2N2O4.C2HF3O2/c24-23(25)10-17(11-23)21(28)26-12-18-5-6-22(31-18)14-27(7-8-29-15-22)13-19-9-16-3-1-2-4-20(16)30-19;3-2(4,5)1(6)7/h1-4,9,17-18H,5-8,10-15H2,(H,26,28);(H,6,7)/t18-,22-;/m1./s1. The second-order valence-corrected chi connectivity index (χ2v) is 9.98. The molecule has 2 aromatic rings. The van der Waals surface area contributed by atoms with E-state index in [1.165, 1.54) is 0 Å². The minimum absolute atomic E-state index is 0.126. The van der Waals surface area contributed by atoms with E-state index in [1.54, 1.807) is 0 Å². The summed E-state index contributed by atoms with van der Waals surface area (Å²) in [5, 5.41) is 11.0. The summed E-state index contributed by atoms with van der Waals surface area (Å²) in [6.07, 6.45) is -4.26. The van der Waals surface area contributed by atoms with Crippen LogP contribution < -0.4 is 5.32 Å². The van der Waals surface area contributed by atoms with E-state index in [2.05, 4.69) is 16.3 Å². The molecule has 2 saturated heterocycles. The molecular formula is C25H29F5N2O6. The Bertz CT molecular complexity index is 1100. The Labute approximate surface area is 215 Å². The molecule has 38 heavy (non-hydrogen) atoms. The number of aliphatic carboxylic acids is 1. The Balaban J connectivity index is 0.000000426. The molecule has 2 aliphatic heterocycles. The predicted molar refractivity (Wildman–Crippen MR) is 124 cm³/mol. The number of carbonyl (C=O) groups is 2. The van der Waals surface area contributed by atoms with Crippen molar-refractivity contribution in [2.45, 2.75) is 56.0 Å². The average Bonchev–Trinajstić information content (AvgIpc) is 3.35. The number of carboxylic acids is 1. The highest BCUT2D eigenvalue weighted by molar-refractivity contribution is 5.80. The first-order valence-corrected chi connectivity index (χ1v) is 12.3. The van der Waals surface area contributed by atoms with Gasteiger partial charge in [-0.15, -0.1) is 0 Å².